The molecule has 314 valence electrons. The number of aliphatic hydroxyl groups is 1. The third kappa shape index (κ3) is 9.48. The lowest BCUT2D eigenvalue weighted by Gasteiger charge is -2.31. The fraction of sp³-hybridized carbons (Fsp3) is 0.477. The van der Waals surface area contributed by atoms with Gasteiger partial charge in [0.05, 0.1) is 50.2 Å². The van der Waals surface area contributed by atoms with E-state index in [2.05, 4.69) is 113 Å². The lowest BCUT2D eigenvalue weighted by molar-refractivity contribution is -0.135. The Balaban J connectivity index is 1.07. The zero-order valence-corrected chi connectivity index (χ0v) is 37.7. The highest BCUT2D eigenvalue weighted by molar-refractivity contribution is 6.78. The van der Waals surface area contributed by atoms with Gasteiger partial charge in [-0.3, -0.25) is 14.5 Å². The van der Waals surface area contributed by atoms with E-state index < -0.39 is 34.9 Å². The molecule has 2 aliphatic rings. The molecule has 0 radical (unpaired) electrons. The van der Waals surface area contributed by atoms with Crippen LogP contribution in [0.1, 0.15) is 50.4 Å². The number of rotatable bonds is 13. The minimum Gasteiger partial charge on any atom is -0.453 e. The maximum Gasteiger partial charge on any atom is 0.407 e. The number of aromatic nitrogens is 4. The molecule has 59 heavy (non-hydrogen) atoms. The van der Waals surface area contributed by atoms with Gasteiger partial charge in [-0.25, -0.2) is 14.8 Å². The summed E-state index contributed by atoms with van der Waals surface area (Å²) in [6.45, 7) is 16.5. The first-order valence-corrected chi connectivity index (χ1v) is 28.0. The van der Waals surface area contributed by atoms with E-state index in [4.69, 9.17) is 14.7 Å². The molecular formula is C44H60N8O5Si2. The maximum absolute atomic E-state index is 13.9. The molecule has 0 saturated carbocycles. The number of amides is 3. The Bertz CT molecular complexity index is 2320. The first kappa shape index (κ1) is 42.3. The van der Waals surface area contributed by atoms with E-state index in [0.29, 0.717) is 6.17 Å². The van der Waals surface area contributed by atoms with E-state index in [-0.39, 0.29) is 35.9 Å². The second-order valence-corrected chi connectivity index (χ2v) is 29.4. The van der Waals surface area contributed by atoms with Gasteiger partial charge in [0.25, 0.3) is 0 Å². The smallest absolute Gasteiger partial charge is 0.407 e. The number of nitrogens with one attached hydrogen (secondary N) is 4. The number of hydrogen-bond acceptors (Lipinski definition) is 8. The highest BCUT2D eigenvalue weighted by Crippen LogP contribution is 2.39. The normalized spacial score (nSPS) is 19.4. The van der Waals surface area contributed by atoms with Crippen LogP contribution in [0.15, 0.2) is 60.8 Å². The minimum absolute atomic E-state index is 0.00688. The van der Waals surface area contributed by atoms with Crippen LogP contribution in [-0.4, -0.2) is 114 Å². The highest BCUT2D eigenvalue weighted by Gasteiger charge is 2.45. The van der Waals surface area contributed by atoms with Gasteiger partial charge in [0.2, 0.25) is 11.8 Å². The number of fused-ring (bicyclic) bond motifs is 3. The first-order chi connectivity index (χ1) is 28.0. The summed E-state index contributed by atoms with van der Waals surface area (Å²) in [5.41, 5.74) is 6.07. The zero-order valence-electron chi connectivity index (χ0n) is 35.7. The molecule has 2 aliphatic heterocycles. The number of benzene rings is 3. The second kappa shape index (κ2) is 17.0. The summed E-state index contributed by atoms with van der Waals surface area (Å²) < 4.78 is 4.82. The van der Waals surface area contributed by atoms with E-state index in [1.807, 2.05) is 24.9 Å². The largest absolute Gasteiger partial charge is 0.453 e. The van der Waals surface area contributed by atoms with Gasteiger partial charge in [-0.1, -0.05) is 89.0 Å². The Morgan fingerprint density at radius 1 is 0.966 bits per heavy atom. The number of aromatic amines is 2. The fourth-order valence-electron chi connectivity index (χ4n) is 9.10. The molecule has 2 saturated heterocycles. The molecule has 3 aromatic carbocycles. The molecule has 7 rings (SSSR count). The van der Waals surface area contributed by atoms with Crippen LogP contribution in [0.5, 0.6) is 0 Å². The van der Waals surface area contributed by atoms with Crippen molar-refractivity contribution in [3.8, 4) is 22.4 Å². The highest BCUT2D eigenvalue weighted by atomic mass is 28.3. The molecule has 4 atom stereocenters. The molecule has 15 heteroatoms. The van der Waals surface area contributed by atoms with Crippen LogP contribution in [0.3, 0.4) is 0 Å². The number of methoxy groups -OCH3 is 1. The van der Waals surface area contributed by atoms with E-state index >= 15 is 0 Å². The average Bonchev–Trinajstić information content (AvgIpc) is 4.01. The maximum atomic E-state index is 13.9. The van der Waals surface area contributed by atoms with Crippen molar-refractivity contribution in [1.82, 2.24) is 40.4 Å². The third-order valence-electron chi connectivity index (χ3n) is 11.8. The van der Waals surface area contributed by atoms with Crippen LogP contribution in [0.2, 0.25) is 44.8 Å². The summed E-state index contributed by atoms with van der Waals surface area (Å²) in [6.07, 6.45) is 3.99. The van der Waals surface area contributed by atoms with Crippen molar-refractivity contribution < 1.29 is 24.2 Å². The van der Waals surface area contributed by atoms with Crippen molar-refractivity contribution in [3.63, 3.8) is 0 Å². The van der Waals surface area contributed by atoms with Gasteiger partial charge >= 0.3 is 6.09 Å². The van der Waals surface area contributed by atoms with Crippen molar-refractivity contribution in [2.45, 2.75) is 95.7 Å². The van der Waals surface area contributed by atoms with Gasteiger partial charge in [-0.05, 0) is 71.6 Å². The molecule has 0 unspecified atom stereocenters. The molecule has 2 fully saturated rings. The molecule has 5 N–H and O–H groups in total. The van der Waals surface area contributed by atoms with Gasteiger partial charge in [0.15, 0.2) is 0 Å². The predicted octanol–water partition coefficient (Wildman–Crippen LogP) is 7.24. The number of carbonyl (C=O) groups excluding carboxylic acids is 3. The Labute approximate surface area is 348 Å². The van der Waals surface area contributed by atoms with Gasteiger partial charge in [-0.2, -0.15) is 0 Å². The standard InChI is InChI=1S/C44H60N8O5Si2/c1-27(2)39(50-44(56)57-3)43(55)52-26-59(7,8)25-37(52)41-45-21-35(48-41)29-13-11-28(12-14-29)30-15-17-33-31(20-30)16-18-34-40(33)49-42(47-34)36-10-9-19-51(36)22-32(24-58(4,5)6)46-38(54)23-53/h11-18,20-21,27,32,36-37,39,53H,9-10,19,22-26H2,1-8H3,(H,45,48)(H,46,54)(H,47,49)(H,50,56)/t32-,36+,37+,39+/m1/s1. The Morgan fingerprint density at radius 3 is 2.39 bits per heavy atom. The Kier molecular flexibility index (Phi) is 12.2. The quantitative estimate of drug-likeness (QED) is 0.0774. The minimum atomic E-state index is -1.74. The van der Waals surface area contributed by atoms with E-state index in [1.54, 1.807) is 0 Å². The predicted molar refractivity (Wildman–Crippen MR) is 238 cm³/mol. The summed E-state index contributed by atoms with van der Waals surface area (Å²) in [5.74, 6) is 1.19. The molecule has 4 heterocycles. The topological polar surface area (TPSA) is 169 Å². The lowest BCUT2D eigenvalue weighted by Crippen LogP contribution is -2.52. The average molecular weight is 837 g/mol. The summed E-state index contributed by atoms with van der Waals surface area (Å²) in [4.78, 5) is 59.7. The molecule has 3 amide bonds. The number of hydrogen-bond donors (Lipinski definition) is 5. The van der Waals surface area contributed by atoms with Crippen LogP contribution in [0, 0.1) is 5.92 Å². The van der Waals surface area contributed by atoms with Crippen LogP contribution in [0.25, 0.3) is 44.2 Å². The number of ether oxygens (including phenoxy) is 1. The van der Waals surface area contributed by atoms with E-state index in [0.717, 1.165) is 93.9 Å². The summed E-state index contributed by atoms with van der Waals surface area (Å²) in [6, 6.07) is 20.3. The summed E-state index contributed by atoms with van der Waals surface area (Å²) in [5, 5.41) is 17.5. The van der Waals surface area contributed by atoms with E-state index in [9.17, 15) is 19.5 Å². The molecule has 0 aliphatic carbocycles. The van der Waals surface area contributed by atoms with Crippen LogP contribution < -0.4 is 10.6 Å². The third-order valence-corrected chi connectivity index (χ3v) is 16.2. The van der Waals surface area contributed by atoms with Crippen LogP contribution >= 0.6 is 0 Å². The number of likely N-dealkylation sites (tertiary alicyclic amines) is 1. The summed E-state index contributed by atoms with van der Waals surface area (Å²) >= 11 is 0. The van der Waals surface area contributed by atoms with Crippen molar-refractivity contribution >= 4 is 55.9 Å². The van der Waals surface area contributed by atoms with Crippen LogP contribution in [0.4, 0.5) is 4.79 Å². The van der Waals surface area contributed by atoms with E-state index in [1.165, 1.54) is 7.11 Å². The van der Waals surface area contributed by atoms with Crippen molar-refractivity contribution in [2.75, 3.05) is 33.0 Å². The number of H-pyrrole nitrogens is 2. The SMILES string of the molecule is COC(=O)N[C@H](C(=O)N1C[Si](C)(C)C[C@H]1c1ncc(-c2ccc(-c3ccc4c(ccc5nc([C@@H]6CCCN6C[C@H](C[Si](C)(C)C)NC(=O)CO)[nH]c54)c3)cc2)[nH]1)C(C)C. The fourth-order valence-corrected chi connectivity index (χ4v) is 13.7. The number of carbonyl (C=O) groups is 3. The molecule has 2 aromatic heterocycles. The Morgan fingerprint density at radius 2 is 1.69 bits per heavy atom. The van der Waals surface area contributed by atoms with Gasteiger partial charge in [-0.15, -0.1) is 0 Å². The van der Waals surface area contributed by atoms with Crippen LogP contribution in [-0.2, 0) is 14.3 Å². The zero-order chi connectivity index (χ0) is 42.2. The molecule has 0 spiro atoms. The van der Waals surface area contributed by atoms with Gasteiger partial charge in [0.1, 0.15) is 24.3 Å². The lowest BCUT2D eigenvalue weighted by atomic mass is 9.99. The van der Waals surface area contributed by atoms with Gasteiger partial charge < -0.3 is 35.3 Å². The molecular weight excluding hydrogens is 777 g/mol. The number of alkyl carbamates (subject to hydrolysis) is 1. The van der Waals surface area contributed by atoms with Crippen molar-refractivity contribution in [3.05, 3.63) is 72.4 Å². The van der Waals surface area contributed by atoms with Crippen molar-refractivity contribution in [1.29, 1.82) is 0 Å². The molecule has 13 nitrogen and oxygen atoms in total. The second-order valence-electron chi connectivity index (χ2n) is 18.8. The molecule has 5 aromatic rings. The number of aliphatic hydroxyl groups excluding tert-OH is 1. The first-order valence-electron chi connectivity index (χ1n) is 20.9. The molecule has 0 bridgehead atoms. The van der Waals surface area contributed by atoms with Crippen molar-refractivity contribution in [2.24, 2.45) is 5.92 Å². The summed E-state index contributed by atoms with van der Waals surface area (Å²) in [7, 11) is -1.91. The Hall–Kier alpha value is -4.84. The monoisotopic (exact) mass is 836 g/mol. The number of nitrogens with zero attached hydrogens (tertiary/aromatic N) is 4. The number of imidazole rings is 2. The van der Waals surface area contributed by atoms with Gasteiger partial charge in [0, 0.05) is 32.2 Å².